The Kier molecular flexibility index (Phi) is 4.17. The van der Waals surface area contributed by atoms with Gasteiger partial charge in [0.15, 0.2) is 0 Å². The molecule has 0 atom stereocenters. The van der Waals surface area contributed by atoms with Gasteiger partial charge in [-0.3, -0.25) is 0 Å². The number of rotatable bonds is 3. The maximum absolute atomic E-state index is 13.2. The van der Waals surface area contributed by atoms with Crippen molar-refractivity contribution in [2.75, 3.05) is 0 Å². The first-order chi connectivity index (χ1) is 11.8. The van der Waals surface area contributed by atoms with E-state index in [1.54, 1.807) is 0 Å². The van der Waals surface area contributed by atoms with E-state index >= 15 is 0 Å². The van der Waals surface area contributed by atoms with E-state index in [9.17, 15) is 4.39 Å². The van der Waals surface area contributed by atoms with E-state index in [2.05, 4.69) is 54.6 Å². The molecular weight excluding hydrogens is 362 g/mol. The molecule has 0 nitrogen and oxygen atoms in total. The van der Waals surface area contributed by atoms with E-state index < -0.39 is 0 Å². The van der Waals surface area contributed by atoms with Crippen LogP contribution < -0.4 is 0 Å². The molecule has 0 bridgehead atoms. The third kappa shape index (κ3) is 2.99. The molecule has 4 rings (SSSR count). The summed E-state index contributed by atoms with van der Waals surface area (Å²) < 4.78 is 15.9. The maximum atomic E-state index is 13.2. The van der Waals surface area contributed by atoms with Crippen LogP contribution in [0, 0.1) is 5.82 Å². The van der Waals surface area contributed by atoms with Gasteiger partial charge in [-0.15, -0.1) is 0 Å². The molecule has 0 radical (unpaired) electrons. The predicted octanol–water partition coefficient (Wildman–Crippen LogP) is 5.88. The van der Waals surface area contributed by atoms with Crippen molar-refractivity contribution in [3.8, 4) is 31.1 Å². The third-order valence-corrected chi connectivity index (χ3v) is 6.57. The number of hydrogen-bond donors (Lipinski definition) is 0. The molecule has 0 saturated carbocycles. The van der Waals surface area contributed by atoms with Crippen molar-refractivity contribution in [2.24, 2.45) is 0 Å². The van der Waals surface area contributed by atoms with Gasteiger partial charge in [0.25, 0.3) is 0 Å². The van der Waals surface area contributed by atoms with Crippen LogP contribution in [-0.2, 0) is 0 Å². The molecule has 0 saturated heterocycles. The van der Waals surface area contributed by atoms with Crippen molar-refractivity contribution < 1.29 is 4.39 Å². The molecule has 4 aromatic rings. The molecule has 0 aliphatic rings. The number of halogens is 1. The van der Waals surface area contributed by atoms with E-state index in [0.717, 1.165) is 5.56 Å². The van der Waals surface area contributed by atoms with Crippen molar-refractivity contribution in [1.82, 2.24) is 0 Å². The van der Waals surface area contributed by atoms with Gasteiger partial charge in [0.05, 0.1) is 0 Å². The summed E-state index contributed by atoms with van der Waals surface area (Å²) in [6.07, 6.45) is 0. The van der Waals surface area contributed by atoms with Gasteiger partial charge in [-0.1, -0.05) is 0 Å². The van der Waals surface area contributed by atoms with Gasteiger partial charge in [0.1, 0.15) is 0 Å². The van der Waals surface area contributed by atoms with Crippen molar-refractivity contribution in [3.05, 3.63) is 96.8 Å². The zero-order chi connectivity index (χ0) is 16.4. The molecule has 0 spiro atoms. The van der Waals surface area contributed by atoms with Crippen LogP contribution in [0.15, 0.2) is 91.0 Å². The van der Waals surface area contributed by atoms with Crippen molar-refractivity contribution >= 4 is 14.5 Å². The average molecular weight is 377 g/mol. The second-order valence-corrected chi connectivity index (χ2v) is 7.80. The van der Waals surface area contributed by atoms with Crippen LogP contribution in [0.1, 0.15) is 0 Å². The van der Waals surface area contributed by atoms with Gasteiger partial charge >= 0.3 is 147 Å². The topological polar surface area (TPSA) is 0 Å². The summed E-state index contributed by atoms with van der Waals surface area (Å²) in [6.45, 7) is 0. The Labute approximate surface area is 147 Å². The molecule has 0 fully saturated rings. The van der Waals surface area contributed by atoms with E-state index in [1.165, 1.54) is 37.7 Å². The van der Waals surface area contributed by atoms with Gasteiger partial charge in [-0.2, -0.15) is 0 Å². The molecule has 0 aliphatic carbocycles. The summed E-state index contributed by atoms with van der Waals surface area (Å²) >= 11 is 0.199. The molecule has 1 heterocycles. The Morgan fingerprint density at radius 3 is 1.79 bits per heavy atom. The van der Waals surface area contributed by atoms with E-state index in [-0.39, 0.29) is 20.3 Å². The average Bonchev–Trinajstić information content (AvgIpc) is 3.09. The zero-order valence-electron chi connectivity index (χ0n) is 12.9. The zero-order valence-corrected chi connectivity index (χ0v) is 14.7. The molecule has 24 heavy (non-hydrogen) atoms. The van der Waals surface area contributed by atoms with Crippen LogP contribution in [0.3, 0.4) is 0 Å². The molecule has 116 valence electrons. The summed E-state index contributed by atoms with van der Waals surface area (Å²) in [5, 5.41) is 0. The van der Waals surface area contributed by atoms with Gasteiger partial charge in [0, 0.05) is 0 Å². The summed E-state index contributed by atoms with van der Waals surface area (Å²) in [4.78, 5) is 0. The quantitative estimate of drug-likeness (QED) is 0.391. The summed E-state index contributed by atoms with van der Waals surface area (Å²) in [7, 11) is 0. The normalized spacial score (nSPS) is 10.7. The van der Waals surface area contributed by atoms with Crippen molar-refractivity contribution in [1.29, 1.82) is 0 Å². The Morgan fingerprint density at radius 2 is 1.17 bits per heavy atom. The van der Waals surface area contributed by atoms with Gasteiger partial charge in [0.2, 0.25) is 0 Å². The minimum absolute atomic E-state index is 0.190. The van der Waals surface area contributed by atoms with E-state index in [4.69, 9.17) is 0 Å². The fraction of sp³-hybridized carbons (Fsp3) is 0. The summed E-state index contributed by atoms with van der Waals surface area (Å²) in [5.74, 6) is -0.190. The fourth-order valence-electron chi connectivity index (χ4n) is 2.78. The van der Waals surface area contributed by atoms with E-state index in [1.807, 2.05) is 24.3 Å². The second kappa shape index (κ2) is 6.60. The standard InChI is InChI=1S/C22H15FSe/c23-19-13-11-17(12-14-19)21-15-20(16-7-3-1-4-8-16)22(24-21)18-9-5-2-6-10-18/h1-15H. The van der Waals surface area contributed by atoms with E-state index in [0.29, 0.717) is 0 Å². The molecule has 0 amide bonds. The Morgan fingerprint density at radius 1 is 0.583 bits per heavy atom. The predicted molar refractivity (Wildman–Crippen MR) is 99.6 cm³/mol. The van der Waals surface area contributed by atoms with Gasteiger partial charge < -0.3 is 0 Å². The van der Waals surface area contributed by atoms with Crippen LogP contribution in [-0.4, -0.2) is 14.5 Å². The fourth-order valence-corrected chi connectivity index (χ4v) is 5.28. The first kappa shape index (κ1) is 15.1. The van der Waals surface area contributed by atoms with Crippen LogP contribution in [0.2, 0.25) is 0 Å². The minimum atomic E-state index is -0.190. The Bertz CT molecular complexity index is 881. The molecule has 1 aromatic heterocycles. The monoisotopic (exact) mass is 378 g/mol. The molecule has 3 aromatic carbocycles. The number of hydrogen-bond acceptors (Lipinski definition) is 0. The summed E-state index contributed by atoms with van der Waals surface area (Å²) in [6, 6.07) is 30.1. The van der Waals surface area contributed by atoms with Crippen LogP contribution in [0.5, 0.6) is 0 Å². The number of benzene rings is 3. The Balaban J connectivity index is 1.89. The molecule has 0 unspecified atom stereocenters. The van der Waals surface area contributed by atoms with Gasteiger partial charge in [-0.05, 0) is 0 Å². The first-order valence-electron chi connectivity index (χ1n) is 7.82. The second-order valence-electron chi connectivity index (χ2n) is 5.59. The molecule has 2 heteroatoms. The van der Waals surface area contributed by atoms with Crippen LogP contribution in [0.25, 0.3) is 31.1 Å². The summed E-state index contributed by atoms with van der Waals surface area (Å²) in [5.41, 5.74) is 4.89. The van der Waals surface area contributed by atoms with Crippen molar-refractivity contribution in [2.45, 2.75) is 0 Å². The Hall–Kier alpha value is -2.41. The van der Waals surface area contributed by atoms with Gasteiger partial charge in [-0.25, -0.2) is 0 Å². The van der Waals surface area contributed by atoms with Crippen LogP contribution >= 0.6 is 0 Å². The van der Waals surface area contributed by atoms with Crippen molar-refractivity contribution in [3.63, 3.8) is 0 Å². The first-order valence-corrected chi connectivity index (χ1v) is 9.53. The third-order valence-electron chi connectivity index (χ3n) is 3.98. The molecule has 0 aliphatic heterocycles. The molecular formula is C22H15FSe. The SMILES string of the molecule is Fc1ccc(-c2cc(-c3ccccc3)c(-c3ccccc3)[se]2)cc1. The van der Waals surface area contributed by atoms with Crippen LogP contribution in [0.4, 0.5) is 4.39 Å². The molecule has 0 N–H and O–H groups in total.